The highest BCUT2D eigenvalue weighted by Crippen LogP contribution is 2.43. The maximum Gasteiger partial charge on any atom is 0.472 e. The van der Waals surface area contributed by atoms with Crippen molar-refractivity contribution >= 4 is 19.7 Å². The fraction of sp³-hybridized carbons (Fsp3) is 0.758. The third-order valence-corrected chi connectivity index (χ3v) is 14.6. The lowest BCUT2D eigenvalue weighted by Gasteiger charge is -2.27. The molecule has 0 rings (SSSR count). The normalized spacial score (nSPS) is 14.2. The number of carbonyl (C=O) groups excluding carboxylic acids is 2. The Balaban J connectivity index is 5.26. The minimum atomic E-state index is -4.46. The molecule has 9 nitrogen and oxygen atoms in total. The van der Waals surface area contributed by atoms with Crippen LogP contribution < -0.4 is 5.32 Å². The molecule has 3 atom stereocenters. The Kier molecular flexibility index (Phi) is 53.5. The number of likely N-dealkylation sites (N-methyl/N-ethyl adjacent to an activating group) is 1. The molecule has 440 valence electrons. The van der Waals surface area contributed by atoms with Crippen LogP contribution in [0.2, 0.25) is 0 Å². The van der Waals surface area contributed by atoms with E-state index < -0.39 is 20.0 Å². The van der Waals surface area contributed by atoms with E-state index in [0.717, 1.165) is 116 Å². The van der Waals surface area contributed by atoms with Gasteiger partial charge in [0.1, 0.15) is 19.3 Å². The number of allylic oxidation sites excluding steroid dienone is 13. The predicted octanol–water partition coefficient (Wildman–Crippen LogP) is 19.4. The van der Waals surface area contributed by atoms with E-state index >= 15 is 0 Å². The van der Waals surface area contributed by atoms with Crippen LogP contribution in [0.3, 0.4) is 0 Å². The van der Waals surface area contributed by atoms with Gasteiger partial charge in [-0.2, -0.15) is 0 Å². The van der Waals surface area contributed by atoms with Gasteiger partial charge in [0.05, 0.1) is 33.8 Å². The van der Waals surface area contributed by atoms with Crippen molar-refractivity contribution in [3.63, 3.8) is 0 Å². The van der Waals surface area contributed by atoms with Crippen molar-refractivity contribution in [3.05, 3.63) is 85.1 Å². The highest BCUT2D eigenvalue weighted by Gasteiger charge is 2.30. The van der Waals surface area contributed by atoms with E-state index in [4.69, 9.17) is 13.8 Å². The van der Waals surface area contributed by atoms with Crippen LogP contribution in [0.5, 0.6) is 0 Å². The molecular weight excluding hydrogens is 964 g/mol. The molecule has 2 N–H and O–H groups in total. The van der Waals surface area contributed by atoms with Gasteiger partial charge in [0.2, 0.25) is 5.91 Å². The number of nitrogens with one attached hydrogen (secondary N) is 1. The van der Waals surface area contributed by atoms with Crippen molar-refractivity contribution in [2.75, 3.05) is 40.9 Å². The lowest BCUT2D eigenvalue weighted by atomic mass is 10.0. The summed E-state index contributed by atoms with van der Waals surface area (Å²) in [6, 6.07) is -0.861. The zero-order chi connectivity index (χ0) is 55.7. The Labute approximate surface area is 469 Å². The summed E-state index contributed by atoms with van der Waals surface area (Å²) in [7, 11) is 1.48. The number of ether oxygens (including phenoxy) is 1. The molecule has 0 radical (unpaired) electrons. The van der Waals surface area contributed by atoms with E-state index in [-0.39, 0.29) is 31.5 Å². The van der Waals surface area contributed by atoms with Crippen molar-refractivity contribution in [2.45, 2.75) is 283 Å². The molecule has 0 aromatic carbocycles. The van der Waals surface area contributed by atoms with Gasteiger partial charge in [-0.05, 0) is 102 Å². The minimum absolute atomic E-state index is 0.0334. The number of quaternary nitrogens is 1. The van der Waals surface area contributed by atoms with Gasteiger partial charge in [-0.3, -0.25) is 18.6 Å². The zero-order valence-electron chi connectivity index (χ0n) is 50.2. The van der Waals surface area contributed by atoms with Gasteiger partial charge in [-0.25, -0.2) is 4.57 Å². The van der Waals surface area contributed by atoms with Crippen LogP contribution >= 0.6 is 7.82 Å². The molecule has 76 heavy (non-hydrogen) atoms. The first-order chi connectivity index (χ1) is 36.9. The summed E-state index contributed by atoms with van der Waals surface area (Å²) >= 11 is 0. The average molecular weight is 1080 g/mol. The first-order valence-electron chi connectivity index (χ1n) is 31.4. The molecule has 10 heteroatoms. The third-order valence-electron chi connectivity index (χ3n) is 13.6. The number of nitrogens with zero attached hydrogens (tertiary/aromatic N) is 1. The van der Waals surface area contributed by atoms with Crippen LogP contribution in [0.1, 0.15) is 271 Å². The standard InChI is InChI=1S/C66H119N2O7P/c1-7-10-13-16-19-22-25-28-30-31-32-33-34-35-36-37-38-41-44-47-50-53-56-59-66(70)75-64(57-54-51-48-45-42-39-27-24-21-18-15-12-9-3)63(62-74-76(71,72)73-61-60-68(4,5)6)67-65(69)58-55-52-49-46-43-40-29-26-23-20-17-14-11-8-2/h11,14,19-20,22-23,28,30,32-33,35-36,54,57,63-64H,7-10,12-13,15-18,21,24-27,29,31,34,37-53,55-56,58-62H2,1-6H3,(H-,67,69,71,72)/p+1/b14-11+,22-19-,23-20+,30-28-,33-32-,36-35-,57-54-. The van der Waals surface area contributed by atoms with Crippen molar-refractivity contribution in [1.82, 2.24) is 5.32 Å². The predicted molar refractivity (Wildman–Crippen MR) is 328 cm³/mol. The van der Waals surface area contributed by atoms with E-state index in [1.54, 1.807) is 0 Å². The minimum Gasteiger partial charge on any atom is -0.456 e. The summed E-state index contributed by atoms with van der Waals surface area (Å²) in [5.74, 6) is -0.527. The monoisotopic (exact) mass is 1080 g/mol. The SMILES string of the molecule is CC/C=C/C/C=C/CCCCCCCCCC(=O)NC(COP(=O)(O)OCC[N+](C)(C)C)C(/C=C\CCCCCCCCCCCCC)OC(=O)CCCCCCCCC/C=C\C/C=C\C/C=C\C/C=C\CCCCC. The summed E-state index contributed by atoms with van der Waals surface area (Å²) in [4.78, 5) is 37.7. The lowest BCUT2D eigenvalue weighted by molar-refractivity contribution is -0.870. The number of unbranched alkanes of at least 4 members (excludes halogenated alkanes) is 28. The highest BCUT2D eigenvalue weighted by molar-refractivity contribution is 7.47. The average Bonchev–Trinajstić information content (AvgIpc) is 3.38. The van der Waals surface area contributed by atoms with Gasteiger partial charge in [-0.1, -0.05) is 241 Å². The molecule has 0 saturated carbocycles. The first kappa shape index (κ1) is 73.2. The Bertz CT molecular complexity index is 1580. The second-order valence-corrected chi connectivity index (χ2v) is 23.6. The Morgan fingerprint density at radius 1 is 0.474 bits per heavy atom. The molecule has 0 heterocycles. The van der Waals surface area contributed by atoms with Crippen LogP contribution in [0.25, 0.3) is 0 Å². The first-order valence-corrected chi connectivity index (χ1v) is 32.9. The van der Waals surface area contributed by atoms with Crippen LogP contribution in [0.15, 0.2) is 85.1 Å². The molecule has 3 unspecified atom stereocenters. The summed E-state index contributed by atoms with van der Waals surface area (Å²) in [5.41, 5.74) is 0. The number of esters is 1. The number of phosphoric acid groups is 1. The van der Waals surface area contributed by atoms with Crippen molar-refractivity contribution in [2.24, 2.45) is 0 Å². The van der Waals surface area contributed by atoms with Crippen molar-refractivity contribution < 1.29 is 37.3 Å². The second kappa shape index (κ2) is 55.5. The largest absolute Gasteiger partial charge is 0.472 e. The fourth-order valence-electron chi connectivity index (χ4n) is 8.73. The molecule has 0 aromatic heterocycles. The number of hydrogen-bond donors (Lipinski definition) is 2. The topological polar surface area (TPSA) is 111 Å². The zero-order valence-corrected chi connectivity index (χ0v) is 51.1. The Morgan fingerprint density at radius 2 is 0.842 bits per heavy atom. The molecule has 0 aliphatic heterocycles. The maximum atomic E-state index is 13.5. The van der Waals surface area contributed by atoms with Gasteiger partial charge in [0.25, 0.3) is 0 Å². The number of hydrogen-bond acceptors (Lipinski definition) is 6. The number of rotatable bonds is 56. The molecule has 0 aromatic rings. The van der Waals surface area contributed by atoms with Gasteiger partial charge >= 0.3 is 13.8 Å². The molecule has 0 saturated heterocycles. The van der Waals surface area contributed by atoms with Gasteiger partial charge in [-0.15, -0.1) is 0 Å². The summed E-state index contributed by atoms with van der Waals surface area (Å²) in [6.07, 6.45) is 72.9. The Hall–Kier alpha value is -2.81. The van der Waals surface area contributed by atoms with Crippen molar-refractivity contribution in [3.8, 4) is 0 Å². The maximum absolute atomic E-state index is 13.5. The van der Waals surface area contributed by atoms with Gasteiger partial charge < -0.3 is 19.4 Å². The van der Waals surface area contributed by atoms with Crippen molar-refractivity contribution in [1.29, 1.82) is 0 Å². The second-order valence-electron chi connectivity index (χ2n) is 22.2. The fourth-order valence-corrected chi connectivity index (χ4v) is 9.46. The van der Waals surface area contributed by atoms with Gasteiger partial charge in [0.15, 0.2) is 0 Å². The summed E-state index contributed by atoms with van der Waals surface area (Å²) in [6.45, 7) is 6.87. The quantitative estimate of drug-likeness (QED) is 0.0205. The van der Waals surface area contributed by atoms with Gasteiger partial charge in [0, 0.05) is 12.8 Å². The van der Waals surface area contributed by atoms with E-state index in [2.05, 4.69) is 99.0 Å². The number of amides is 1. The summed E-state index contributed by atoms with van der Waals surface area (Å²) < 4.78 is 30.7. The molecule has 0 spiro atoms. The van der Waals surface area contributed by atoms with Crippen LogP contribution in [-0.2, 0) is 27.9 Å². The van der Waals surface area contributed by atoms with E-state index in [0.29, 0.717) is 17.4 Å². The smallest absolute Gasteiger partial charge is 0.456 e. The third kappa shape index (κ3) is 55.9. The van der Waals surface area contributed by atoms with E-state index in [1.165, 1.54) is 122 Å². The van der Waals surface area contributed by atoms with Crippen LogP contribution in [-0.4, -0.2) is 74.3 Å². The molecule has 0 fully saturated rings. The van der Waals surface area contributed by atoms with E-state index in [9.17, 15) is 19.0 Å². The highest BCUT2D eigenvalue weighted by atomic mass is 31.2. The molecular formula is C66H120N2O7P+. The van der Waals surface area contributed by atoms with Crippen LogP contribution in [0.4, 0.5) is 0 Å². The molecule has 0 aliphatic rings. The summed E-state index contributed by atoms with van der Waals surface area (Å²) in [5, 5.41) is 3.05. The lowest BCUT2D eigenvalue weighted by Crippen LogP contribution is -2.47. The van der Waals surface area contributed by atoms with Crippen LogP contribution in [0, 0.1) is 0 Å². The Morgan fingerprint density at radius 3 is 1.29 bits per heavy atom. The number of carbonyl (C=O) groups is 2. The number of phosphoric ester groups is 1. The molecule has 0 aliphatic carbocycles. The van der Waals surface area contributed by atoms with E-state index in [1.807, 2.05) is 33.3 Å². The molecule has 0 bridgehead atoms. The molecule has 1 amide bonds.